The molecule has 0 radical (unpaired) electrons. The van der Waals surface area contributed by atoms with E-state index in [9.17, 15) is 4.79 Å². The highest BCUT2D eigenvalue weighted by Crippen LogP contribution is 2.18. The molecule has 0 aliphatic carbocycles. The van der Waals surface area contributed by atoms with Gasteiger partial charge in [-0.15, -0.1) is 0 Å². The Bertz CT molecular complexity index is 909. The van der Waals surface area contributed by atoms with Gasteiger partial charge in [-0.1, -0.05) is 34.1 Å². The summed E-state index contributed by atoms with van der Waals surface area (Å²) < 4.78 is 2.54. The third-order valence-corrected chi connectivity index (χ3v) is 4.21. The number of nitrogens with one attached hydrogen (secondary N) is 1. The van der Waals surface area contributed by atoms with Crippen LogP contribution in [-0.4, -0.2) is 15.7 Å². The molecule has 24 heavy (non-hydrogen) atoms. The van der Waals surface area contributed by atoms with Crippen molar-refractivity contribution in [3.05, 3.63) is 76.5 Å². The first-order chi connectivity index (χ1) is 11.7. The number of benzene rings is 2. The van der Waals surface area contributed by atoms with Crippen molar-refractivity contribution < 1.29 is 4.79 Å². The minimum atomic E-state index is -0.0829. The first-order valence-corrected chi connectivity index (χ1v) is 8.03. The number of carbonyl (C=O) groups excluding carboxylic acids is 1. The van der Waals surface area contributed by atoms with Crippen LogP contribution in [0.25, 0.3) is 5.69 Å². The Hall–Kier alpha value is -2.91. The largest absolute Gasteiger partial charge is 0.326 e. The zero-order valence-corrected chi connectivity index (χ0v) is 14.2. The average molecular weight is 381 g/mol. The molecule has 3 rings (SSSR count). The number of rotatable bonds is 4. The molecule has 6 heteroatoms. The molecular weight excluding hydrogens is 368 g/mol. The highest BCUT2D eigenvalue weighted by molar-refractivity contribution is 9.10. The Labute approximate surface area is 147 Å². The minimum absolute atomic E-state index is 0.0829. The molecule has 0 atom stereocenters. The molecular formula is C18H13BrN4O. The van der Waals surface area contributed by atoms with Gasteiger partial charge in [0.1, 0.15) is 6.07 Å². The summed E-state index contributed by atoms with van der Waals surface area (Å²) in [5, 5.41) is 15.8. The number of hydrogen-bond acceptors (Lipinski definition) is 3. The van der Waals surface area contributed by atoms with E-state index in [1.54, 1.807) is 23.0 Å². The van der Waals surface area contributed by atoms with E-state index < -0.39 is 0 Å². The number of aromatic nitrogens is 2. The van der Waals surface area contributed by atoms with Crippen molar-refractivity contribution in [2.45, 2.75) is 6.42 Å². The second kappa shape index (κ2) is 7.11. The SMILES string of the molecule is N#Cc1cnn(-c2ccc(NC(=O)Cc3ccccc3Br)cc2)c1. The molecule has 0 unspecified atom stereocenters. The number of halogens is 1. The number of nitriles is 1. The Balaban J connectivity index is 1.67. The van der Waals surface area contributed by atoms with Crippen molar-refractivity contribution in [3.8, 4) is 11.8 Å². The van der Waals surface area contributed by atoms with Gasteiger partial charge in [0, 0.05) is 16.4 Å². The van der Waals surface area contributed by atoms with Crippen LogP contribution in [0.2, 0.25) is 0 Å². The maximum atomic E-state index is 12.1. The van der Waals surface area contributed by atoms with Crippen molar-refractivity contribution in [3.63, 3.8) is 0 Å². The second-order valence-electron chi connectivity index (χ2n) is 5.15. The number of anilines is 1. The predicted octanol–water partition coefficient (Wildman–Crippen LogP) is 3.69. The number of carbonyl (C=O) groups is 1. The molecule has 0 aliphatic rings. The smallest absolute Gasteiger partial charge is 0.228 e. The van der Waals surface area contributed by atoms with Crippen LogP contribution in [0.15, 0.2) is 65.4 Å². The summed E-state index contributed by atoms with van der Waals surface area (Å²) in [5.41, 5.74) is 2.97. The van der Waals surface area contributed by atoms with E-state index in [0.29, 0.717) is 17.7 Å². The summed E-state index contributed by atoms with van der Waals surface area (Å²) in [5.74, 6) is -0.0829. The third kappa shape index (κ3) is 3.70. The summed E-state index contributed by atoms with van der Waals surface area (Å²) in [7, 11) is 0. The van der Waals surface area contributed by atoms with Crippen molar-refractivity contribution >= 4 is 27.5 Å². The quantitative estimate of drug-likeness (QED) is 0.750. The van der Waals surface area contributed by atoms with Gasteiger partial charge in [-0.05, 0) is 35.9 Å². The molecule has 0 spiro atoms. The average Bonchev–Trinajstić information content (AvgIpc) is 3.07. The fourth-order valence-corrected chi connectivity index (χ4v) is 2.66. The van der Waals surface area contributed by atoms with Crippen molar-refractivity contribution in [1.29, 1.82) is 5.26 Å². The van der Waals surface area contributed by atoms with Gasteiger partial charge in [0.25, 0.3) is 0 Å². The number of hydrogen-bond donors (Lipinski definition) is 1. The number of amides is 1. The molecule has 3 aromatic rings. The van der Waals surface area contributed by atoms with Crippen LogP contribution in [0.3, 0.4) is 0 Å². The summed E-state index contributed by atoms with van der Waals surface area (Å²) in [6.07, 6.45) is 3.46. The van der Waals surface area contributed by atoms with E-state index in [1.807, 2.05) is 42.5 Å². The lowest BCUT2D eigenvalue weighted by Gasteiger charge is -2.08. The van der Waals surface area contributed by atoms with Crippen molar-refractivity contribution in [2.75, 3.05) is 5.32 Å². The topological polar surface area (TPSA) is 70.7 Å². The Morgan fingerprint density at radius 3 is 2.62 bits per heavy atom. The molecule has 1 heterocycles. The minimum Gasteiger partial charge on any atom is -0.326 e. The Morgan fingerprint density at radius 2 is 1.96 bits per heavy atom. The summed E-state index contributed by atoms with van der Waals surface area (Å²) in [4.78, 5) is 12.1. The van der Waals surface area contributed by atoms with E-state index in [4.69, 9.17) is 5.26 Å². The van der Waals surface area contributed by atoms with Crippen LogP contribution in [0, 0.1) is 11.3 Å². The van der Waals surface area contributed by atoms with Crippen LogP contribution < -0.4 is 5.32 Å². The van der Waals surface area contributed by atoms with Crippen LogP contribution >= 0.6 is 15.9 Å². The maximum Gasteiger partial charge on any atom is 0.228 e. The highest BCUT2D eigenvalue weighted by atomic mass is 79.9. The van der Waals surface area contributed by atoms with Gasteiger partial charge >= 0.3 is 0 Å². The maximum absolute atomic E-state index is 12.1. The molecule has 2 aromatic carbocycles. The molecule has 1 amide bonds. The lowest BCUT2D eigenvalue weighted by atomic mass is 10.1. The molecule has 0 bridgehead atoms. The number of nitrogens with zero attached hydrogens (tertiary/aromatic N) is 3. The van der Waals surface area contributed by atoms with Crippen LogP contribution in [0.4, 0.5) is 5.69 Å². The van der Waals surface area contributed by atoms with Gasteiger partial charge in [-0.25, -0.2) is 4.68 Å². The second-order valence-corrected chi connectivity index (χ2v) is 6.00. The van der Waals surface area contributed by atoms with Gasteiger partial charge in [-0.2, -0.15) is 10.4 Å². The molecule has 5 nitrogen and oxygen atoms in total. The van der Waals surface area contributed by atoms with Crippen LogP contribution in [0.1, 0.15) is 11.1 Å². The molecule has 0 saturated carbocycles. The lowest BCUT2D eigenvalue weighted by molar-refractivity contribution is -0.115. The van der Waals surface area contributed by atoms with Crippen molar-refractivity contribution in [2.24, 2.45) is 0 Å². The summed E-state index contributed by atoms with van der Waals surface area (Å²) in [6, 6.07) is 17.0. The lowest BCUT2D eigenvalue weighted by Crippen LogP contribution is -2.14. The Kier molecular flexibility index (Phi) is 4.73. The molecule has 0 fully saturated rings. The van der Waals surface area contributed by atoms with Gasteiger partial charge < -0.3 is 5.32 Å². The fourth-order valence-electron chi connectivity index (χ4n) is 2.24. The predicted molar refractivity (Wildman–Crippen MR) is 94.8 cm³/mol. The van der Waals surface area contributed by atoms with E-state index in [0.717, 1.165) is 15.7 Å². The first-order valence-electron chi connectivity index (χ1n) is 7.24. The molecule has 0 saturated heterocycles. The van der Waals surface area contributed by atoms with Crippen molar-refractivity contribution in [1.82, 2.24) is 9.78 Å². The van der Waals surface area contributed by atoms with Gasteiger partial charge in [0.2, 0.25) is 5.91 Å². The van der Waals surface area contributed by atoms with E-state index in [2.05, 4.69) is 26.3 Å². The molecule has 0 aliphatic heterocycles. The first kappa shape index (κ1) is 16.0. The van der Waals surface area contributed by atoms with Gasteiger partial charge in [-0.3, -0.25) is 4.79 Å². The zero-order chi connectivity index (χ0) is 16.9. The standard InChI is InChI=1S/C18H13BrN4O/c19-17-4-2-1-3-14(17)9-18(24)22-15-5-7-16(8-6-15)23-12-13(10-20)11-21-23/h1-8,11-12H,9H2,(H,22,24). The molecule has 1 N–H and O–H groups in total. The van der Waals surface area contributed by atoms with Crippen LogP contribution in [-0.2, 0) is 11.2 Å². The van der Waals surface area contributed by atoms with Gasteiger partial charge in [0.05, 0.1) is 23.9 Å². The van der Waals surface area contributed by atoms with Crippen LogP contribution in [0.5, 0.6) is 0 Å². The van der Waals surface area contributed by atoms with E-state index in [1.165, 1.54) is 6.20 Å². The monoisotopic (exact) mass is 380 g/mol. The van der Waals surface area contributed by atoms with Gasteiger partial charge in [0.15, 0.2) is 0 Å². The third-order valence-electron chi connectivity index (χ3n) is 3.44. The normalized spacial score (nSPS) is 10.2. The summed E-state index contributed by atoms with van der Waals surface area (Å²) in [6.45, 7) is 0. The highest BCUT2D eigenvalue weighted by Gasteiger charge is 2.07. The molecule has 1 aromatic heterocycles. The van der Waals surface area contributed by atoms with E-state index >= 15 is 0 Å². The van der Waals surface area contributed by atoms with E-state index in [-0.39, 0.29) is 5.91 Å². The fraction of sp³-hybridized carbons (Fsp3) is 0.0556. The summed E-state index contributed by atoms with van der Waals surface area (Å²) >= 11 is 3.44. The zero-order valence-electron chi connectivity index (χ0n) is 12.6. The Morgan fingerprint density at radius 1 is 1.21 bits per heavy atom. The molecule has 118 valence electrons.